The van der Waals surface area contributed by atoms with Crippen LogP contribution in [0, 0.1) is 0 Å². The van der Waals surface area contributed by atoms with Gasteiger partial charge >= 0.3 is 0 Å². The molecule has 2 saturated heterocycles. The number of para-hydroxylation sites is 2. The van der Waals surface area contributed by atoms with Crippen LogP contribution in [0.3, 0.4) is 0 Å². The van der Waals surface area contributed by atoms with Crippen molar-refractivity contribution in [1.82, 2.24) is 0 Å². The molecule has 2 aromatic carbocycles. The molecular weight excluding hydrogens is 374 g/mol. The Morgan fingerprint density at radius 3 is 2.30 bits per heavy atom. The summed E-state index contributed by atoms with van der Waals surface area (Å²) in [6.45, 7) is 11.2. The predicted molar refractivity (Wildman–Crippen MR) is 121 cm³/mol. The third-order valence-electron chi connectivity index (χ3n) is 6.79. The molecule has 162 valence electrons. The molecule has 0 saturated carbocycles. The van der Waals surface area contributed by atoms with Crippen molar-refractivity contribution >= 4 is 5.69 Å². The van der Waals surface area contributed by atoms with Gasteiger partial charge in [0.05, 0.1) is 64.7 Å². The Morgan fingerprint density at radius 1 is 0.933 bits per heavy atom. The zero-order chi connectivity index (χ0) is 20.8. The minimum atomic E-state index is 0.730. The fourth-order valence-electron chi connectivity index (χ4n) is 5.10. The van der Waals surface area contributed by atoms with Crippen LogP contribution in [-0.4, -0.2) is 59.0 Å². The second kappa shape index (κ2) is 10.2. The molecule has 5 nitrogen and oxygen atoms in total. The molecule has 2 fully saturated rings. The molecule has 0 aromatic heterocycles. The van der Waals surface area contributed by atoms with Gasteiger partial charge in [-0.15, -0.1) is 0 Å². The molecule has 2 heterocycles. The summed E-state index contributed by atoms with van der Waals surface area (Å²) in [7, 11) is 1.77. The number of nitrogens with one attached hydrogen (secondary N) is 2. The predicted octanol–water partition coefficient (Wildman–Crippen LogP) is 1.05. The topological polar surface area (TPSA) is 30.6 Å². The Balaban J connectivity index is 1.23. The van der Waals surface area contributed by atoms with E-state index in [0.717, 1.165) is 43.8 Å². The number of rotatable bonds is 7. The molecule has 5 heteroatoms. The van der Waals surface area contributed by atoms with E-state index >= 15 is 0 Å². The zero-order valence-corrected chi connectivity index (χ0v) is 18.5. The molecule has 0 amide bonds. The van der Waals surface area contributed by atoms with E-state index in [1.807, 2.05) is 13.0 Å². The van der Waals surface area contributed by atoms with Crippen LogP contribution in [0.15, 0.2) is 48.5 Å². The number of ether oxygens (including phenoxy) is 2. The molecule has 2 N–H and O–H groups in total. The number of hydrogen-bond acceptors (Lipinski definition) is 3. The molecule has 30 heavy (non-hydrogen) atoms. The molecule has 2 aliphatic heterocycles. The van der Waals surface area contributed by atoms with Crippen molar-refractivity contribution in [2.75, 3.05) is 57.9 Å². The number of piperazine rings is 1. The molecule has 2 aromatic rings. The lowest BCUT2D eigenvalue weighted by atomic mass is 10.0. The van der Waals surface area contributed by atoms with Crippen LogP contribution >= 0.6 is 0 Å². The third kappa shape index (κ3) is 5.08. The minimum Gasteiger partial charge on any atom is -0.495 e. The number of likely N-dealkylation sites (tertiary alicyclic amines) is 1. The average Bonchev–Trinajstić information content (AvgIpc) is 2.81. The summed E-state index contributed by atoms with van der Waals surface area (Å²) in [6.07, 6.45) is 2.69. The van der Waals surface area contributed by atoms with E-state index < -0.39 is 0 Å². The monoisotopic (exact) mass is 411 g/mol. The molecule has 0 aliphatic carbocycles. The van der Waals surface area contributed by atoms with E-state index in [1.165, 1.54) is 50.3 Å². The van der Waals surface area contributed by atoms with Gasteiger partial charge < -0.3 is 24.2 Å². The van der Waals surface area contributed by atoms with E-state index in [4.69, 9.17) is 9.47 Å². The lowest BCUT2D eigenvalue weighted by Gasteiger charge is -2.40. The second-order valence-electron chi connectivity index (χ2n) is 8.60. The summed E-state index contributed by atoms with van der Waals surface area (Å²) in [4.78, 5) is 6.03. The average molecular weight is 412 g/mol. The van der Waals surface area contributed by atoms with Gasteiger partial charge in [0.2, 0.25) is 0 Å². The van der Waals surface area contributed by atoms with Gasteiger partial charge in [0, 0.05) is 18.4 Å². The molecule has 0 bridgehead atoms. The van der Waals surface area contributed by atoms with Crippen molar-refractivity contribution in [2.24, 2.45) is 0 Å². The Morgan fingerprint density at radius 2 is 1.63 bits per heavy atom. The Hall–Kier alpha value is -2.24. The maximum atomic E-state index is 5.56. The first-order chi connectivity index (χ1) is 14.8. The third-order valence-corrected chi connectivity index (χ3v) is 6.79. The van der Waals surface area contributed by atoms with Crippen LogP contribution in [0.2, 0.25) is 0 Å². The number of anilines is 1. The maximum absolute atomic E-state index is 5.56. The van der Waals surface area contributed by atoms with Gasteiger partial charge in [-0.3, -0.25) is 0 Å². The summed E-state index contributed by atoms with van der Waals surface area (Å²) in [5, 5.41) is 0. The highest BCUT2D eigenvalue weighted by Crippen LogP contribution is 2.27. The van der Waals surface area contributed by atoms with E-state index in [-0.39, 0.29) is 0 Å². The molecule has 0 spiro atoms. The van der Waals surface area contributed by atoms with Gasteiger partial charge in [0.25, 0.3) is 0 Å². The lowest BCUT2D eigenvalue weighted by Crippen LogP contribution is -3.21. The summed E-state index contributed by atoms with van der Waals surface area (Å²) in [5.41, 5.74) is 2.67. The van der Waals surface area contributed by atoms with Crippen molar-refractivity contribution in [3.63, 3.8) is 0 Å². The van der Waals surface area contributed by atoms with Crippen LogP contribution in [-0.2, 0) is 6.54 Å². The summed E-state index contributed by atoms with van der Waals surface area (Å²) >= 11 is 0. The van der Waals surface area contributed by atoms with Gasteiger partial charge in [0.15, 0.2) is 0 Å². The van der Waals surface area contributed by atoms with Crippen molar-refractivity contribution in [2.45, 2.75) is 32.4 Å². The van der Waals surface area contributed by atoms with Crippen molar-refractivity contribution in [1.29, 1.82) is 0 Å². The standard InChI is InChI=1S/C25H35N3O2/c1-3-30-23-10-8-21(9-11-23)20-26-14-12-22(13-15-26)27-16-18-28(19-17-27)24-6-4-5-7-25(24)29-2/h4-11,22H,3,12-20H2,1-2H3/p+2. The highest BCUT2D eigenvalue weighted by Gasteiger charge is 2.32. The number of quaternary nitrogens is 2. The quantitative estimate of drug-likeness (QED) is 0.714. The van der Waals surface area contributed by atoms with Crippen LogP contribution in [0.4, 0.5) is 5.69 Å². The van der Waals surface area contributed by atoms with Gasteiger partial charge in [-0.05, 0) is 43.3 Å². The van der Waals surface area contributed by atoms with Crippen LogP contribution in [0.5, 0.6) is 11.5 Å². The fraction of sp³-hybridized carbons (Fsp3) is 0.520. The summed E-state index contributed by atoms with van der Waals surface area (Å²) < 4.78 is 11.1. The van der Waals surface area contributed by atoms with Gasteiger partial charge in [-0.2, -0.15) is 0 Å². The first-order valence-corrected chi connectivity index (χ1v) is 11.5. The molecular formula is C25H37N3O2+2. The first kappa shape index (κ1) is 21.0. The SMILES string of the molecule is CCOc1ccc(C[NH+]2CCC([NH+]3CCN(c4ccccc4OC)CC3)CC2)cc1. The normalized spacial score (nSPS) is 22.7. The fourth-order valence-corrected chi connectivity index (χ4v) is 5.10. The van der Waals surface area contributed by atoms with E-state index in [9.17, 15) is 0 Å². The second-order valence-corrected chi connectivity index (χ2v) is 8.60. The molecule has 2 aliphatic rings. The minimum absolute atomic E-state index is 0.730. The number of hydrogen-bond donors (Lipinski definition) is 2. The highest BCUT2D eigenvalue weighted by atomic mass is 16.5. The number of methoxy groups -OCH3 is 1. The van der Waals surface area contributed by atoms with Gasteiger partial charge in [0.1, 0.15) is 18.0 Å². The first-order valence-electron chi connectivity index (χ1n) is 11.5. The lowest BCUT2D eigenvalue weighted by molar-refractivity contribution is -0.963. The smallest absolute Gasteiger partial charge is 0.142 e. The van der Waals surface area contributed by atoms with Crippen LogP contribution in [0.1, 0.15) is 25.3 Å². The largest absolute Gasteiger partial charge is 0.495 e. The van der Waals surface area contributed by atoms with E-state index in [1.54, 1.807) is 16.9 Å². The summed E-state index contributed by atoms with van der Waals surface area (Å²) in [5.74, 6) is 1.97. The Kier molecular flexibility index (Phi) is 7.13. The summed E-state index contributed by atoms with van der Waals surface area (Å²) in [6, 6.07) is 17.9. The van der Waals surface area contributed by atoms with Gasteiger partial charge in [-0.25, -0.2) is 0 Å². The molecule has 0 atom stereocenters. The molecule has 0 unspecified atom stereocenters. The van der Waals surface area contributed by atoms with E-state index in [0.29, 0.717) is 0 Å². The van der Waals surface area contributed by atoms with E-state index in [2.05, 4.69) is 47.4 Å². The van der Waals surface area contributed by atoms with Gasteiger partial charge in [-0.1, -0.05) is 12.1 Å². The Bertz CT molecular complexity index is 779. The Labute approximate surface area is 181 Å². The zero-order valence-electron chi connectivity index (χ0n) is 18.5. The van der Waals surface area contributed by atoms with Crippen LogP contribution in [0.25, 0.3) is 0 Å². The molecule has 4 rings (SSSR count). The highest BCUT2D eigenvalue weighted by molar-refractivity contribution is 5.58. The van der Waals surface area contributed by atoms with Crippen molar-refractivity contribution in [3.05, 3.63) is 54.1 Å². The number of piperidine rings is 1. The number of benzene rings is 2. The maximum Gasteiger partial charge on any atom is 0.142 e. The molecule has 0 radical (unpaired) electrons. The van der Waals surface area contributed by atoms with Crippen molar-refractivity contribution in [3.8, 4) is 11.5 Å². The van der Waals surface area contributed by atoms with Crippen molar-refractivity contribution < 1.29 is 19.3 Å². The number of nitrogens with zero attached hydrogens (tertiary/aromatic N) is 1. The van der Waals surface area contributed by atoms with Crippen LogP contribution < -0.4 is 24.2 Å².